The maximum absolute atomic E-state index is 13.9. The normalized spacial score (nSPS) is 13.2. The lowest BCUT2D eigenvalue weighted by Crippen LogP contribution is -2.22. The van der Waals surface area contributed by atoms with Gasteiger partial charge in [0.05, 0.1) is 10.6 Å². The Hall–Kier alpha value is -2.22. The van der Waals surface area contributed by atoms with E-state index >= 15 is 0 Å². The van der Waals surface area contributed by atoms with Crippen molar-refractivity contribution < 1.29 is 14.2 Å². The SMILES string of the molecule is Cc1ccccc1P(=O)(Oc1cc(Cl)ccc1O)c1ccccc1. The van der Waals surface area contributed by atoms with E-state index in [1.807, 2.05) is 31.2 Å². The first kappa shape index (κ1) is 16.6. The standard InChI is InChI=1S/C19H16ClO3P/c1-14-7-5-6-10-19(14)24(22,16-8-3-2-4-9-16)23-18-13-15(20)11-12-17(18)21/h2-13,21H,1H3. The first-order valence-electron chi connectivity index (χ1n) is 7.41. The fourth-order valence-electron chi connectivity index (χ4n) is 2.46. The Kier molecular flexibility index (Phi) is 4.66. The number of halogens is 1. The van der Waals surface area contributed by atoms with E-state index in [0.29, 0.717) is 15.6 Å². The zero-order valence-corrected chi connectivity index (χ0v) is 14.7. The Labute approximate surface area is 145 Å². The highest BCUT2D eigenvalue weighted by atomic mass is 35.5. The molecule has 0 heterocycles. The van der Waals surface area contributed by atoms with Crippen molar-refractivity contribution in [3.8, 4) is 11.5 Å². The van der Waals surface area contributed by atoms with Crippen molar-refractivity contribution in [3.63, 3.8) is 0 Å². The second-order valence-electron chi connectivity index (χ2n) is 5.38. The Morgan fingerprint density at radius 1 is 0.958 bits per heavy atom. The van der Waals surface area contributed by atoms with E-state index in [1.54, 1.807) is 36.4 Å². The van der Waals surface area contributed by atoms with Crippen molar-refractivity contribution in [2.75, 3.05) is 0 Å². The van der Waals surface area contributed by atoms with Crippen LogP contribution in [-0.4, -0.2) is 5.11 Å². The molecule has 1 N–H and O–H groups in total. The molecule has 0 saturated carbocycles. The molecule has 3 nitrogen and oxygen atoms in total. The topological polar surface area (TPSA) is 46.5 Å². The van der Waals surface area contributed by atoms with Gasteiger partial charge in [-0.2, -0.15) is 0 Å². The van der Waals surface area contributed by atoms with Crippen LogP contribution in [0.3, 0.4) is 0 Å². The van der Waals surface area contributed by atoms with Crippen LogP contribution in [0.4, 0.5) is 0 Å². The van der Waals surface area contributed by atoms with Gasteiger partial charge in [0.2, 0.25) is 0 Å². The van der Waals surface area contributed by atoms with E-state index in [2.05, 4.69) is 0 Å². The van der Waals surface area contributed by atoms with Gasteiger partial charge in [-0.1, -0.05) is 48.0 Å². The average molecular weight is 359 g/mol. The molecule has 0 aliphatic carbocycles. The van der Waals surface area contributed by atoms with Gasteiger partial charge < -0.3 is 9.63 Å². The molecule has 0 aliphatic rings. The van der Waals surface area contributed by atoms with E-state index in [0.717, 1.165) is 5.56 Å². The van der Waals surface area contributed by atoms with Gasteiger partial charge in [0, 0.05) is 11.1 Å². The van der Waals surface area contributed by atoms with Gasteiger partial charge in [0.1, 0.15) is 0 Å². The van der Waals surface area contributed by atoms with Gasteiger partial charge in [-0.3, -0.25) is 4.57 Å². The maximum atomic E-state index is 13.9. The summed E-state index contributed by atoms with van der Waals surface area (Å²) in [5.41, 5.74) is 0.853. The summed E-state index contributed by atoms with van der Waals surface area (Å²) in [6.45, 7) is 1.88. The monoisotopic (exact) mass is 358 g/mol. The van der Waals surface area contributed by atoms with Crippen molar-refractivity contribution in [1.29, 1.82) is 0 Å². The van der Waals surface area contributed by atoms with E-state index in [4.69, 9.17) is 16.1 Å². The van der Waals surface area contributed by atoms with E-state index < -0.39 is 7.37 Å². The second-order valence-corrected chi connectivity index (χ2v) is 8.10. The Bertz CT molecular complexity index is 909. The average Bonchev–Trinajstić information content (AvgIpc) is 2.59. The van der Waals surface area contributed by atoms with Gasteiger partial charge in [0.15, 0.2) is 11.5 Å². The summed E-state index contributed by atoms with van der Waals surface area (Å²) in [5, 5.41) is 11.6. The van der Waals surface area contributed by atoms with Crippen molar-refractivity contribution in [2.24, 2.45) is 0 Å². The molecule has 1 unspecified atom stereocenters. The molecule has 0 fully saturated rings. The lowest BCUT2D eigenvalue weighted by atomic mass is 10.2. The molecule has 5 heteroatoms. The van der Waals surface area contributed by atoms with E-state index in [9.17, 15) is 9.67 Å². The molecular weight excluding hydrogens is 343 g/mol. The van der Waals surface area contributed by atoms with Crippen molar-refractivity contribution in [2.45, 2.75) is 6.92 Å². The molecule has 0 bridgehead atoms. The number of rotatable bonds is 4. The van der Waals surface area contributed by atoms with Gasteiger partial charge in [-0.15, -0.1) is 0 Å². The Morgan fingerprint density at radius 3 is 2.33 bits per heavy atom. The molecule has 1 atom stereocenters. The van der Waals surface area contributed by atoms with Crippen molar-refractivity contribution >= 4 is 29.6 Å². The Balaban J connectivity index is 2.18. The molecule has 3 aromatic carbocycles. The quantitative estimate of drug-likeness (QED) is 0.690. The highest BCUT2D eigenvalue weighted by Gasteiger charge is 2.32. The number of benzene rings is 3. The van der Waals surface area contributed by atoms with Crippen LogP contribution in [0.2, 0.25) is 5.02 Å². The summed E-state index contributed by atoms with van der Waals surface area (Å²) in [7, 11) is -3.45. The first-order valence-corrected chi connectivity index (χ1v) is 9.41. The Morgan fingerprint density at radius 2 is 1.62 bits per heavy atom. The predicted octanol–water partition coefficient (Wildman–Crippen LogP) is 4.66. The zero-order chi connectivity index (χ0) is 17.2. The summed E-state index contributed by atoms with van der Waals surface area (Å²) >= 11 is 5.99. The van der Waals surface area contributed by atoms with Crippen LogP contribution in [0.1, 0.15) is 5.56 Å². The zero-order valence-electron chi connectivity index (χ0n) is 13.0. The number of hydrogen-bond donors (Lipinski definition) is 1. The molecular formula is C19H16ClO3P. The molecule has 0 radical (unpaired) electrons. The fourth-order valence-corrected chi connectivity index (χ4v) is 4.91. The van der Waals surface area contributed by atoms with Crippen LogP contribution in [0.25, 0.3) is 0 Å². The first-order chi connectivity index (χ1) is 11.5. The van der Waals surface area contributed by atoms with Gasteiger partial charge in [-0.25, -0.2) is 0 Å². The number of hydrogen-bond acceptors (Lipinski definition) is 3. The van der Waals surface area contributed by atoms with Crippen LogP contribution in [0.15, 0.2) is 72.8 Å². The molecule has 0 aromatic heterocycles. The number of phenolic OH excluding ortho intramolecular Hbond substituents is 1. The van der Waals surface area contributed by atoms with Gasteiger partial charge in [0.25, 0.3) is 0 Å². The summed E-state index contributed by atoms with van der Waals surface area (Å²) in [5.74, 6) is -0.0120. The number of aryl methyl sites for hydroxylation is 1. The minimum atomic E-state index is -3.45. The van der Waals surface area contributed by atoms with Gasteiger partial charge >= 0.3 is 7.37 Å². The molecule has 3 rings (SSSR count). The molecule has 0 aliphatic heterocycles. The van der Waals surface area contributed by atoms with Crippen molar-refractivity contribution in [3.05, 3.63) is 83.4 Å². The minimum absolute atomic E-state index is 0.0953. The third kappa shape index (κ3) is 3.19. The molecule has 3 aromatic rings. The van der Waals surface area contributed by atoms with Crippen LogP contribution in [0, 0.1) is 6.92 Å². The van der Waals surface area contributed by atoms with E-state index in [-0.39, 0.29) is 11.5 Å². The highest BCUT2D eigenvalue weighted by molar-refractivity contribution is 7.74. The predicted molar refractivity (Wildman–Crippen MR) is 98.2 cm³/mol. The van der Waals surface area contributed by atoms with Crippen LogP contribution >= 0.6 is 19.0 Å². The van der Waals surface area contributed by atoms with E-state index in [1.165, 1.54) is 12.1 Å². The van der Waals surface area contributed by atoms with Crippen LogP contribution in [-0.2, 0) is 4.57 Å². The maximum Gasteiger partial charge on any atom is 0.307 e. The largest absolute Gasteiger partial charge is 0.504 e. The molecule has 0 amide bonds. The van der Waals surface area contributed by atoms with Crippen LogP contribution < -0.4 is 15.1 Å². The molecule has 122 valence electrons. The molecule has 24 heavy (non-hydrogen) atoms. The number of phenols is 1. The summed E-state index contributed by atoms with van der Waals surface area (Å²) in [6, 6.07) is 20.8. The summed E-state index contributed by atoms with van der Waals surface area (Å²) < 4.78 is 19.8. The van der Waals surface area contributed by atoms with Crippen LogP contribution in [0.5, 0.6) is 11.5 Å². The lowest BCUT2D eigenvalue weighted by molar-refractivity contribution is 0.434. The second kappa shape index (κ2) is 6.72. The molecule has 0 spiro atoms. The molecule has 0 saturated heterocycles. The minimum Gasteiger partial charge on any atom is -0.504 e. The van der Waals surface area contributed by atoms with Crippen molar-refractivity contribution in [1.82, 2.24) is 0 Å². The summed E-state index contributed by atoms with van der Waals surface area (Å²) in [4.78, 5) is 0. The lowest BCUT2D eigenvalue weighted by Gasteiger charge is -2.22. The third-order valence-electron chi connectivity index (χ3n) is 3.68. The van der Waals surface area contributed by atoms with Gasteiger partial charge in [-0.05, 0) is 42.8 Å². The third-order valence-corrected chi connectivity index (χ3v) is 6.48. The summed E-state index contributed by atoms with van der Waals surface area (Å²) in [6.07, 6.45) is 0. The smallest absolute Gasteiger partial charge is 0.307 e. The number of aromatic hydroxyl groups is 1. The fraction of sp³-hybridized carbons (Fsp3) is 0.0526. The highest BCUT2D eigenvalue weighted by Crippen LogP contribution is 2.48.